The van der Waals surface area contributed by atoms with Crippen LogP contribution >= 0.6 is 23.2 Å². The summed E-state index contributed by atoms with van der Waals surface area (Å²) >= 11 is 12.2. The summed E-state index contributed by atoms with van der Waals surface area (Å²) in [6.45, 7) is 3.27. The van der Waals surface area contributed by atoms with Crippen molar-refractivity contribution in [3.05, 3.63) is 27.7 Å². The van der Waals surface area contributed by atoms with Gasteiger partial charge in [0.2, 0.25) is 0 Å². The lowest BCUT2D eigenvalue weighted by Gasteiger charge is -2.27. The van der Waals surface area contributed by atoms with Crippen LogP contribution in [0, 0.1) is 0 Å². The van der Waals surface area contributed by atoms with Crippen molar-refractivity contribution in [2.75, 3.05) is 24.7 Å². The summed E-state index contributed by atoms with van der Waals surface area (Å²) < 4.78 is 17.0. The molecule has 1 N–H and O–H groups in total. The van der Waals surface area contributed by atoms with E-state index < -0.39 is 10.8 Å². The SMILES string of the molecule is CCS(=O)CCNC1CCOc2c(Cl)cc(Cl)cc21. The molecule has 1 aromatic rings. The molecule has 0 amide bonds. The van der Waals surface area contributed by atoms with Crippen LogP contribution < -0.4 is 10.1 Å². The molecule has 19 heavy (non-hydrogen) atoms. The summed E-state index contributed by atoms with van der Waals surface area (Å²) in [5, 5.41) is 4.56. The van der Waals surface area contributed by atoms with E-state index in [0.29, 0.717) is 40.5 Å². The Labute approximate surface area is 126 Å². The van der Waals surface area contributed by atoms with Gasteiger partial charge in [0.15, 0.2) is 0 Å². The Morgan fingerprint density at radius 2 is 2.26 bits per heavy atom. The van der Waals surface area contributed by atoms with Crippen molar-refractivity contribution >= 4 is 34.0 Å². The highest BCUT2D eigenvalue weighted by atomic mass is 35.5. The molecule has 6 heteroatoms. The number of rotatable bonds is 5. The molecule has 1 heterocycles. The Bertz CT molecular complexity index is 482. The van der Waals surface area contributed by atoms with Crippen molar-refractivity contribution < 1.29 is 8.95 Å². The molecule has 1 aromatic carbocycles. The zero-order valence-electron chi connectivity index (χ0n) is 10.7. The fourth-order valence-corrected chi connectivity index (χ4v) is 3.33. The average molecular weight is 322 g/mol. The fourth-order valence-electron chi connectivity index (χ4n) is 2.13. The minimum absolute atomic E-state index is 0.161. The van der Waals surface area contributed by atoms with E-state index in [1.54, 1.807) is 6.07 Å². The van der Waals surface area contributed by atoms with E-state index in [2.05, 4.69) is 5.32 Å². The molecule has 0 aromatic heterocycles. The first-order chi connectivity index (χ1) is 9.11. The molecule has 0 saturated heterocycles. The average Bonchev–Trinajstić information content (AvgIpc) is 2.39. The van der Waals surface area contributed by atoms with Gasteiger partial charge < -0.3 is 10.1 Å². The van der Waals surface area contributed by atoms with Gasteiger partial charge in [-0.05, 0) is 12.1 Å². The molecular formula is C13H17Cl2NO2S. The highest BCUT2D eigenvalue weighted by Crippen LogP contribution is 2.39. The van der Waals surface area contributed by atoms with Gasteiger partial charge in [0.1, 0.15) is 5.75 Å². The zero-order valence-corrected chi connectivity index (χ0v) is 13.1. The Hall–Kier alpha value is -0.290. The predicted molar refractivity (Wildman–Crippen MR) is 80.9 cm³/mol. The predicted octanol–water partition coefficient (Wildman–Crippen LogP) is 3.18. The Morgan fingerprint density at radius 1 is 1.47 bits per heavy atom. The summed E-state index contributed by atoms with van der Waals surface area (Å²) in [7, 11) is -0.744. The Balaban J connectivity index is 2.07. The molecule has 0 bridgehead atoms. The quantitative estimate of drug-likeness (QED) is 0.905. The van der Waals surface area contributed by atoms with Crippen LogP contribution in [-0.2, 0) is 10.8 Å². The molecule has 2 atom stereocenters. The first-order valence-corrected chi connectivity index (χ1v) is 8.56. The Kier molecular flexibility index (Phi) is 5.51. The lowest BCUT2D eigenvalue weighted by atomic mass is 10.0. The van der Waals surface area contributed by atoms with Crippen LogP contribution in [0.25, 0.3) is 0 Å². The number of hydrogen-bond donors (Lipinski definition) is 1. The summed E-state index contributed by atoms with van der Waals surface area (Å²) in [5.74, 6) is 2.08. The van der Waals surface area contributed by atoms with Crippen molar-refractivity contribution in [2.45, 2.75) is 19.4 Å². The van der Waals surface area contributed by atoms with E-state index in [4.69, 9.17) is 27.9 Å². The van der Waals surface area contributed by atoms with Gasteiger partial charge in [-0.25, -0.2) is 0 Å². The molecule has 0 fully saturated rings. The molecular weight excluding hydrogens is 305 g/mol. The van der Waals surface area contributed by atoms with Crippen LogP contribution in [-0.4, -0.2) is 28.9 Å². The maximum absolute atomic E-state index is 11.4. The largest absolute Gasteiger partial charge is 0.492 e. The summed E-state index contributed by atoms with van der Waals surface area (Å²) in [6, 6.07) is 3.74. The van der Waals surface area contributed by atoms with Crippen molar-refractivity contribution in [1.82, 2.24) is 5.32 Å². The standard InChI is InChI=1S/C13H17Cl2NO2S/c1-2-19(17)6-4-16-12-3-5-18-13-10(12)7-9(14)8-11(13)15/h7-8,12,16H,2-6H2,1H3. The lowest BCUT2D eigenvalue weighted by Crippen LogP contribution is -2.30. The number of nitrogens with one attached hydrogen (secondary N) is 1. The number of ether oxygens (including phenoxy) is 1. The van der Waals surface area contributed by atoms with Crippen molar-refractivity contribution in [1.29, 1.82) is 0 Å². The van der Waals surface area contributed by atoms with Crippen LogP contribution in [0.1, 0.15) is 24.9 Å². The van der Waals surface area contributed by atoms with Gasteiger partial charge in [-0.1, -0.05) is 30.1 Å². The molecule has 0 spiro atoms. The topological polar surface area (TPSA) is 38.3 Å². The van der Waals surface area contributed by atoms with E-state index in [-0.39, 0.29) is 6.04 Å². The Morgan fingerprint density at radius 3 is 3.00 bits per heavy atom. The maximum Gasteiger partial charge on any atom is 0.142 e. The molecule has 3 nitrogen and oxygen atoms in total. The second-order valence-corrected chi connectivity index (χ2v) is 7.09. The number of fused-ring (bicyclic) bond motifs is 1. The van der Waals surface area contributed by atoms with Gasteiger partial charge in [-0.15, -0.1) is 0 Å². The lowest BCUT2D eigenvalue weighted by molar-refractivity contribution is 0.254. The van der Waals surface area contributed by atoms with Crippen LogP contribution in [0.15, 0.2) is 12.1 Å². The summed E-state index contributed by atoms with van der Waals surface area (Å²) in [5.41, 5.74) is 0.992. The minimum atomic E-state index is -0.744. The molecule has 2 unspecified atom stereocenters. The van der Waals surface area contributed by atoms with Crippen LogP contribution in [0.2, 0.25) is 10.0 Å². The fraction of sp³-hybridized carbons (Fsp3) is 0.538. The van der Waals surface area contributed by atoms with Crippen molar-refractivity contribution in [3.63, 3.8) is 0 Å². The normalized spacial score (nSPS) is 19.6. The molecule has 2 rings (SSSR count). The third-order valence-electron chi connectivity index (χ3n) is 3.11. The molecule has 0 aliphatic carbocycles. The maximum atomic E-state index is 11.4. The smallest absolute Gasteiger partial charge is 0.142 e. The molecule has 106 valence electrons. The van der Waals surface area contributed by atoms with Gasteiger partial charge in [-0.3, -0.25) is 4.21 Å². The van der Waals surface area contributed by atoms with Gasteiger partial charge >= 0.3 is 0 Å². The van der Waals surface area contributed by atoms with Gasteiger partial charge in [0, 0.05) is 51.9 Å². The van der Waals surface area contributed by atoms with E-state index in [0.717, 1.165) is 12.0 Å². The molecule has 1 aliphatic heterocycles. The van der Waals surface area contributed by atoms with E-state index >= 15 is 0 Å². The van der Waals surface area contributed by atoms with E-state index in [1.165, 1.54) is 0 Å². The second-order valence-electron chi connectivity index (χ2n) is 4.38. The van der Waals surface area contributed by atoms with Crippen molar-refractivity contribution in [2.24, 2.45) is 0 Å². The van der Waals surface area contributed by atoms with E-state index in [1.807, 2.05) is 13.0 Å². The number of benzene rings is 1. The molecule has 0 radical (unpaired) electrons. The highest BCUT2D eigenvalue weighted by Gasteiger charge is 2.23. The second kappa shape index (κ2) is 6.93. The highest BCUT2D eigenvalue weighted by molar-refractivity contribution is 7.84. The minimum Gasteiger partial charge on any atom is -0.492 e. The summed E-state index contributed by atoms with van der Waals surface area (Å²) in [6.07, 6.45) is 0.864. The van der Waals surface area contributed by atoms with Gasteiger partial charge in [0.25, 0.3) is 0 Å². The number of halogens is 2. The third kappa shape index (κ3) is 3.85. The first kappa shape index (κ1) is 15.1. The van der Waals surface area contributed by atoms with E-state index in [9.17, 15) is 4.21 Å². The first-order valence-electron chi connectivity index (χ1n) is 6.32. The zero-order chi connectivity index (χ0) is 13.8. The molecule has 1 aliphatic rings. The summed E-state index contributed by atoms with van der Waals surface area (Å²) in [4.78, 5) is 0. The third-order valence-corrected chi connectivity index (χ3v) is 4.91. The van der Waals surface area contributed by atoms with Gasteiger partial charge in [-0.2, -0.15) is 0 Å². The van der Waals surface area contributed by atoms with Crippen LogP contribution in [0.5, 0.6) is 5.75 Å². The van der Waals surface area contributed by atoms with Crippen molar-refractivity contribution in [3.8, 4) is 5.75 Å². The van der Waals surface area contributed by atoms with Crippen LogP contribution in [0.3, 0.4) is 0 Å². The number of hydrogen-bond acceptors (Lipinski definition) is 3. The van der Waals surface area contributed by atoms with Crippen LogP contribution in [0.4, 0.5) is 0 Å². The monoisotopic (exact) mass is 321 g/mol. The molecule has 0 saturated carbocycles. The van der Waals surface area contributed by atoms with Gasteiger partial charge in [0.05, 0.1) is 11.6 Å².